The molecule has 0 saturated carbocycles. The third-order valence-corrected chi connectivity index (χ3v) is 5.25. The molecule has 0 saturated heterocycles. The van der Waals surface area contributed by atoms with Crippen LogP contribution in [0, 0.1) is 6.92 Å². The Morgan fingerprint density at radius 2 is 1.79 bits per heavy atom. The van der Waals surface area contributed by atoms with Crippen molar-refractivity contribution in [2.24, 2.45) is 0 Å². The highest BCUT2D eigenvalue weighted by atomic mass is 32.1. The van der Waals surface area contributed by atoms with E-state index in [1.807, 2.05) is 49.6 Å². The van der Waals surface area contributed by atoms with Crippen LogP contribution in [0.15, 0.2) is 41.8 Å². The molecule has 0 atom stereocenters. The van der Waals surface area contributed by atoms with Gasteiger partial charge < -0.3 is 19.5 Å². The van der Waals surface area contributed by atoms with E-state index in [0.29, 0.717) is 23.8 Å². The number of nitrogens with one attached hydrogen (secondary N) is 1. The lowest BCUT2D eigenvalue weighted by molar-refractivity contribution is -0.115. The van der Waals surface area contributed by atoms with Crippen LogP contribution in [-0.2, 0) is 11.2 Å². The Morgan fingerprint density at radius 3 is 2.45 bits per heavy atom. The first-order valence-electron chi connectivity index (χ1n) is 9.24. The maximum Gasteiger partial charge on any atom is 0.230 e. The van der Waals surface area contributed by atoms with Crippen LogP contribution >= 0.6 is 11.3 Å². The van der Waals surface area contributed by atoms with Crippen molar-refractivity contribution in [3.63, 3.8) is 0 Å². The summed E-state index contributed by atoms with van der Waals surface area (Å²) in [4.78, 5) is 17.1. The van der Waals surface area contributed by atoms with Crippen molar-refractivity contribution >= 4 is 22.9 Å². The number of anilines is 1. The minimum atomic E-state index is -0.135. The highest BCUT2D eigenvalue weighted by Crippen LogP contribution is 2.33. The molecular formula is C22H24N2O4S. The largest absolute Gasteiger partial charge is 0.494 e. The van der Waals surface area contributed by atoms with E-state index in [1.54, 1.807) is 20.3 Å². The number of nitrogens with zero attached hydrogens (tertiary/aromatic N) is 1. The summed E-state index contributed by atoms with van der Waals surface area (Å²) in [7, 11) is 3.15. The van der Waals surface area contributed by atoms with Crippen molar-refractivity contribution in [3.05, 3.63) is 53.0 Å². The highest BCUT2D eigenvalue weighted by molar-refractivity contribution is 7.13. The quantitative estimate of drug-likeness (QED) is 0.580. The first-order valence-corrected chi connectivity index (χ1v) is 10.1. The molecule has 3 aromatic rings. The molecule has 0 aliphatic rings. The molecule has 0 aliphatic carbocycles. The van der Waals surface area contributed by atoms with Gasteiger partial charge in [-0.05, 0) is 49.7 Å². The molecule has 2 aromatic carbocycles. The van der Waals surface area contributed by atoms with Gasteiger partial charge in [-0.15, -0.1) is 11.3 Å². The summed E-state index contributed by atoms with van der Waals surface area (Å²) in [6, 6.07) is 11.4. The minimum absolute atomic E-state index is 0.135. The molecule has 1 aromatic heterocycles. The Labute approximate surface area is 174 Å². The fourth-order valence-electron chi connectivity index (χ4n) is 2.86. The Hall–Kier alpha value is -3.06. The van der Waals surface area contributed by atoms with Gasteiger partial charge in [0.15, 0.2) is 11.5 Å². The SMILES string of the molecule is CCOc1ccc(-c2nc(CC(=O)Nc3cc(OC)c(OC)cc3C)cs2)cc1. The molecule has 7 heteroatoms. The lowest BCUT2D eigenvalue weighted by Gasteiger charge is -2.13. The average Bonchev–Trinajstić information content (AvgIpc) is 3.18. The topological polar surface area (TPSA) is 69.7 Å². The zero-order chi connectivity index (χ0) is 20.8. The molecular weight excluding hydrogens is 388 g/mol. The number of amides is 1. The van der Waals surface area contributed by atoms with Crippen LogP contribution < -0.4 is 19.5 Å². The number of thiazole rings is 1. The number of carbonyl (C=O) groups excluding carboxylic acids is 1. The van der Waals surface area contributed by atoms with Crippen molar-refractivity contribution in [1.82, 2.24) is 4.98 Å². The molecule has 0 unspecified atom stereocenters. The number of methoxy groups -OCH3 is 2. The smallest absolute Gasteiger partial charge is 0.230 e. The van der Waals surface area contributed by atoms with E-state index in [2.05, 4.69) is 10.3 Å². The Morgan fingerprint density at radius 1 is 1.10 bits per heavy atom. The van der Waals surface area contributed by atoms with Crippen LogP contribution in [0.4, 0.5) is 5.69 Å². The van der Waals surface area contributed by atoms with Gasteiger partial charge in [0, 0.05) is 22.7 Å². The molecule has 0 spiro atoms. The summed E-state index contributed by atoms with van der Waals surface area (Å²) in [5.74, 6) is 1.89. The van der Waals surface area contributed by atoms with Crippen molar-refractivity contribution in [2.75, 3.05) is 26.1 Å². The maximum atomic E-state index is 12.5. The van der Waals surface area contributed by atoms with Gasteiger partial charge in [0.25, 0.3) is 0 Å². The predicted molar refractivity (Wildman–Crippen MR) is 115 cm³/mol. The number of rotatable bonds is 8. The third kappa shape index (κ3) is 5.06. The predicted octanol–water partition coefficient (Wildman–Crippen LogP) is 4.72. The van der Waals surface area contributed by atoms with Gasteiger partial charge in [-0.3, -0.25) is 4.79 Å². The van der Waals surface area contributed by atoms with E-state index >= 15 is 0 Å². The summed E-state index contributed by atoms with van der Waals surface area (Å²) in [6.07, 6.45) is 0.196. The van der Waals surface area contributed by atoms with E-state index in [1.165, 1.54) is 11.3 Å². The van der Waals surface area contributed by atoms with Crippen LogP contribution in [0.5, 0.6) is 17.2 Å². The molecule has 0 aliphatic heterocycles. The van der Waals surface area contributed by atoms with E-state index in [4.69, 9.17) is 14.2 Å². The Bertz CT molecular complexity index is 983. The number of aromatic nitrogens is 1. The fourth-order valence-corrected chi connectivity index (χ4v) is 3.68. The zero-order valence-corrected chi connectivity index (χ0v) is 17.8. The lowest BCUT2D eigenvalue weighted by Crippen LogP contribution is -2.15. The van der Waals surface area contributed by atoms with Crippen LogP contribution in [0.25, 0.3) is 10.6 Å². The Balaban J connectivity index is 1.67. The second-order valence-electron chi connectivity index (χ2n) is 6.35. The summed E-state index contributed by atoms with van der Waals surface area (Å²) in [6.45, 7) is 4.50. The van der Waals surface area contributed by atoms with Crippen LogP contribution in [-0.4, -0.2) is 31.7 Å². The molecule has 1 N–H and O–H groups in total. The van der Waals surface area contributed by atoms with Gasteiger partial charge >= 0.3 is 0 Å². The molecule has 0 bridgehead atoms. The molecule has 152 valence electrons. The fraction of sp³-hybridized carbons (Fsp3) is 0.273. The monoisotopic (exact) mass is 412 g/mol. The van der Waals surface area contributed by atoms with E-state index in [0.717, 1.165) is 27.6 Å². The standard InChI is InChI=1S/C22H24N2O4S/c1-5-28-17-8-6-15(7-9-17)22-23-16(13-29-22)11-21(25)24-18-12-20(27-4)19(26-3)10-14(18)2/h6-10,12-13H,5,11H2,1-4H3,(H,24,25). The van der Waals surface area contributed by atoms with Gasteiger partial charge in [-0.1, -0.05) is 0 Å². The normalized spacial score (nSPS) is 10.5. The summed E-state index contributed by atoms with van der Waals surface area (Å²) < 4.78 is 16.1. The molecule has 29 heavy (non-hydrogen) atoms. The van der Waals surface area contributed by atoms with Crippen molar-refractivity contribution in [1.29, 1.82) is 0 Å². The second-order valence-corrected chi connectivity index (χ2v) is 7.21. The molecule has 3 rings (SSSR count). The van der Waals surface area contributed by atoms with E-state index < -0.39 is 0 Å². The molecule has 0 radical (unpaired) electrons. The van der Waals surface area contributed by atoms with Gasteiger partial charge in [0.1, 0.15) is 10.8 Å². The third-order valence-electron chi connectivity index (χ3n) is 4.31. The van der Waals surface area contributed by atoms with Gasteiger partial charge in [-0.25, -0.2) is 4.98 Å². The van der Waals surface area contributed by atoms with Crippen LogP contribution in [0.2, 0.25) is 0 Å². The highest BCUT2D eigenvalue weighted by Gasteiger charge is 2.13. The minimum Gasteiger partial charge on any atom is -0.494 e. The number of ether oxygens (including phenoxy) is 3. The van der Waals surface area contributed by atoms with E-state index in [9.17, 15) is 4.79 Å². The van der Waals surface area contributed by atoms with Crippen molar-refractivity contribution in [2.45, 2.75) is 20.3 Å². The first-order chi connectivity index (χ1) is 14.0. The maximum absolute atomic E-state index is 12.5. The van der Waals surface area contributed by atoms with Crippen LogP contribution in [0.1, 0.15) is 18.2 Å². The van der Waals surface area contributed by atoms with Gasteiger partial charge in [0.05, 0.1) is 32.9 Å². The van der Waals surface area contributed by atoms with Crippen molar-refractivity contribution in [3.8, 4) is 27.8 Å². The number of benzene rings is 2. The second kappa shape index (κ2) is 9.43. The Kier molecular flexibility index (Phi) is 6.72. The lowest BCUT2D eigenvalue weighted by atomic mass is 10.1. The van der Waals surface area contributed by atoms with Gasteiger partial charge in [-0.2, -0.15) is 0 Å². The zero-order valence-electron chi connectivity index (χ0n) is 16.9. The summed E-state index contributed by atoms with van der Waals surface area (Å²) in [5.41, 5.74) is 3.31. The van der Waals surface area contributed by atoms with Crippen LogP contribution in [0.3, 0.4) is 0 Å². The van der Waals surface area contributed by atoms with Crippen molar-refractivity contribution < 1.29 is 19.0 Å². The number of carbonyl (C=O) groups is 1. The number of hydrogen-bond acceptors (Lipinski definition) is 6. The number of hydrogen-bond donors (Lipinski definition) is 1. The molecule has 0 fully saturated rings. The average molecular weight is 413 g/mol. The summed E-state index contributed by atoms with van der Waals surface area (Å²) >= 11 is 1.52. The van der Waals surface area contributed by atoms with E-state index in [-0.39, 0.29) is 12.3 Å². The number of aryl methyl sites for hydroxylation is 1. The first kappa shape index (κ1) is 20.7. The molecule has 1 amide bonds. The molecule has 1 heterocycles. The molecule has 6 nitrogen and oxygen atoms in total. The van der Waals surface area contributed by atoms with Gasteiger partial charge in [0.2, 0.25) is 5.91 Å². The summed E-state index contributed by atoms with van der Waals surface area (Å²) in [5, 5.41) is 5.71.